The first-order valence-corrected chi connectivity index (χ1v) is 8.88. The van der Waals surface area contributed by atoms with E-state index >= 15 is 0 Å². The highest BCUT2D eigenvalue weighted by molar-refractivity contribution is 6.31. The number of rotatable bonds is 5. The molecule has 0 spiro atoms. The van der Waals surface area contributed by atoms with Gasteiger partial charge in [0, 0.05) is 28.9 Å². The second-order valence-electron chi connectivity index (χ2n) is 6.10. The quantitative estimate of drug-likeness (QED) is 0.619. The third-order valence-electron chi connectivity index (χ3n) is 4.17. The molecule has 0 bridgehead atoms. The van der Waals surface area contributed by atoms with Gasteiger partial charge in [0.05, 0.1) is 11.3 Å². The summed E-state index contributed by atoms with van der Waals surface area (Å²) in [6.07, 6.45) is -2.72. The van der Waals surface area contributed by atoms with E-state index in [1.807, 2.05) is 18.2 Å². The maximum absolute atomic E-state index is 12.8. The lowest BCUT2D eigenvalue weighted by atomic mass is 10.1. The Hall–Kier alpha value is -2.86. The standard InChI is InChI=1S/C21H16ClF3N2O/c22-18-4-2-1-3-14(18)9-11-27-20(28)16-7-5-15(6-8-16)19-13-17(10-12-26-19)21(23,24)25/h1-8,10,12-13H,9,11H2,(H,27,28). The fourth-order valence-electron chi connectivity index (χ4n) is 2.67. The topological polar surface area (TPSA) is 42.0 Å². The van der Waals surface area contributed by atoms with E-state index in [0.717, 1.165) is 23.9 Å². The zero-order valence-corrected chi connectivity index (χ0v) is 15.4. The second-order valence-corrected chi connectivity index (χ2v) is 6.51. The molecule has 0 radical (unpaired) electrons. The van der Waals surface area contributed by atoms with Crippen molar-refractivity contribution in [2.75, 3.05) is 6.54 Å². The van der Waals surface area contributed by atoms with Gasteiger partial charge in [-0.1, -0.05) is 41.9 Å². The Morgan fingerprint density at radius 1 is 1.04 bits per heavy atom. The SMILES string of the molecule is O=C(NCCc1ccccc1Cl)c1ccc(-c2cc(C(F)(F)F)ccn2)cc1. The molecule has 0 saturated heterocycles. The number of benzene rings is 2. The summed E-state index contributed by atoms with van der Waals surface area (Å²) in [5.41, 5.74) is 1.28. The summed E-state index contributed by atoms with van der Waals surface area (Å²) < 4.78 is 38.5. The molecule has 144 valence electrons. The van der Waals surface area contributed by atoms with Crippen molar-refractivity contribution >= 4 is 17.5 Å². The average molecular weight is 405 g/mol. The molecular weight excluding hydrogens is 389 g/mol. The molecule has 3 nitrogen and oxygen atoms in total. The van der Waals surface area contributed by atoms with Crippen LogP contribution in [0.4, 0.5) is 13.2 Å². The van der Waals surface area contributed by atoms with Crippen LogP contribution in [-0.2, 0) is 12.6 Å². The van der Waals surface area contributed by atoms with Crippen molar-refractivity contribution < 1.29 is 18.0 Å². The van der Waals surface area contributed by atoms with Gasteiger partial charge < -0.3 is 5.32 Å². The first-order valence-electron chi connectivity index (χ1n) is 8.50. The van der Waals surface area contributed by atoms with Crippen LogP contribution >= 0.6 is 11.6 Å². The van der Waals surface area contributed by atoms with Crippen molar-refractivity contribution in [3.63, 3.8) is 0 Å². The number of nitrogens with one attached hydrogen (secondary N) is 1. The van der Waals surface area contributed by atoms with Crippen molar-refractivity contribution in [2.24, 2.45) is 0 Å². The summed E-state index contributed by atoms with van der Waals surface area (Å²) >= 11 is 6.08. The van der Waals surface area contributed by atoms with Gasteiger partial charge in [-0.2, -0.15) is 13.2 Å². The molecule has 1 amide bonds. The highest BCUT2D eigenvalue weighted by atomic mass is 35.5. The van der Waals surface area contributed by atoms with E-state index < -0.39 is 11.7 Å². The molecule has 1 heterocycles. The van der Waals surface area contributed by atoms with Crippen LogP contribution in [0.1, 0.15) is 21.5 Å². The van der Waals surface area contributed by atoms with Gasteiger partial charge in [-0.15, -0.1) is 0 Å². The van der Waals surface area contributed by atoms with Crippen molar-refractivity contribution in [1.29, 1.82) is 0 Å². The van der Waals surface area contributed by atoms with E-state index in [-0.39, 0.29) is 11.6 Å². The lowest BCUT2D eigenvalue weighted by molar-refractivity contribution is -0.137. The highest BCUT2D eigenvalue weighted by Gasteiger charge is 2.30. The zero-order chi connectivity index (χ0) is 20.1. The summed E-state index contributed by atoms with van der Waals surface area (Å²) in [6, 6.07) is 15.6. The van der Waals surface area contributed by atoms with Gasteiger partial charge in [-0.25, -0.2) is 0 Å². The molecule has 0 fully saturated rings. The van der Waals surface area contributed by atoms with Crippen molar-refractivity contribution in [3.8, 4) is 11.3 Å². The largest absolute Gasteiger partial charge is 0.416 e. The van der Waals surface area contributed by atoms with E-state index in [9.17, 15) is 18.0 Å². The number of pyridine rings is 1. The Balaban J connectivity index is 1.64. The second kappa shape index (κ2) is 8.44. The molecule has 0 saturated carbocycles. The number of carbonyl (C=O) groups is 1. The molecule has 3 aromatic rings. The summed E-state index contributed by atoms with van der Waals surface area (Å²) in [6.45, 7) is 0.416. The van der Waals surface area contributed by atoms with Crippen molar-refractivity contribution in [2.45, 2.75) is 12.6 Å². The zero-order valence-electron chi connectivity index (χ0n) is 14.6. The normalized spacial score (nSPS) is 11.3. The summed E-state index contributed by atoms with van der Waals surface area (Å²) in [5.74, 6) is -0.268. The maximum Gasteiger partial charge on any atom is 0.416 e. The van der Waals surface area contributed by atoms with Crippen LogP contribution in [0.5, 0.6) is 0 Å². The predicted molar refractivity (Wildman–Crippen MR) is 102 cm³/mol. The van der Waals surface area contributed by atoms with Crippen LogP contribution < -0.4 is 5.32 Å². The molecule has 0 atom stereocenters. The van der Waals surface area contributed by atoms with Crippen molar-refractivity contribution in [3.05, 3.63) is 88.6 Å². The number of amides is 1. The van der Waals surface area contributed by atoms with Gasteiger partial charge in [0.1, 0.15) is 0 Å². The first-order chi connectivity index (χ1) is 13.3. The minimum Gasteiger partial charge on any atom is -0.352 e. The Morgan fingerprint density at radius 2 is 1.75 bits per heavy atom. The molecule has 2 aromatic carbocycles. The number of carbonyl (C=O) groups excluding carboxylic acids is 1. The molecular formula is C21H16ClF3N2O. The molecule has 1 aromatic heterocycles. The number of halogens is 4. The van der Waals surface area contributed by atoms with Gasteiger partial charge in [0.15, 0.2) is 0 Å². The van der Waals surface area contributed by atoms with Crippen LogP contribution in [0.2, 0.25) is 5.02 Å². The van der Waals surface area contributed by atoms with E-state index in [1.165, 1.54) is 0 Å². The Morgan fingerprint density at radius 3 is 2.43 bits per heavy atom. The Bertz CT molecular complexity index is 972. The molecule has 1 N–H and O–H groups in total. The number of hydrogen-bond donors (Lipinski definition) is 1. The lowest BCUT2D eigenvalue weighted by Gasteiger charge is -2.09. The smallest absolute Gasteiger partial charge is 0.352 e. The lowest BCUT2D eigenvalue weighted by Crippen LogP contribution is -2.25. The molecule has 0 aliphatic carbocycles. The minimum atomic E-state index is -4.43. The molecule has 28 heavy (non-hydrogen) atoms. The van der Waals surface area contributed by atoms with Crippen LogP contribution in [0.3, 0.4) is 0 Å². The molecule has 7 heteroatoms. The van der Waals surface area contributed by atoms with E-state index in [2.05, 4.69) is 10.3 Å². The van der Waals surface area contributed by atoms with E-state index in [1.54, 1.807) is 30.3 Å². The maximum atomic E-state index is 12.8. The summed E-state index contributed by atoms with van der Waals surface area (Å²) in [7, 11) is 0. The van der Waals surface area contributed by atoms with Crippen LogP contribution in [-0.4, -0.2) is 17.4 Å². The molecule has 0 unspecified atom stereocenters. The average Bonchev–Trinajstić information content (AvgIpc) is 2.69. The van der Waals surface area contributed by atoms with Crippen LogP contribution in [0.25, 0.3) is 11.3 Å². The monoisotopic (exact) mass is 404 g/mol. The van der Waals surface area contributed by atoms with Gasteiger partial charge in [0.2, 0.25) is 0 Å². The highest BCUT2D eigenvalue weighted by Crippen LogP contribution is 2.31. The molecule has 0 aliphatic heterocycles. The number of nitrogens with zero attached hydrogens (tertiary/aromatic N) is 1. The predicted octanol–water partition coefficient (Wildman–Crippen LogP) is 5.39. The molecule has 0 aliphatic rings. The van der Waals surface area contributed by atoms with Gasteiger partial charge >= 0.3 is 6.18 Å². The van der Waals surface area contributed by atoms with Crippen LogP contribution in [0, 0.1) is 0 Å². The van der Waals surface area contributed by atoms with E-state index in [0.29, 0.717) is 29.1 Å². The summed E-state index contributed by atoms with van der Waals surface area (Å²) in [4.78, 5) is 16.2. The fraction of sp³-hybridized carbons (Fsp3) is 0.143. The first kappa shape index (κ1) is 19.9. The van der Waals surface area contributed by atoms with Crippen molar-refractivity contribution in [1.82, 2.24) is 10.3 Å². The van der Waals surface area contributed by atoms with Crippen LogP contribution in [0.15, 0.2) is 66.9 Å². The fourth-order valence-corrected chi connectivity index (χ4v) is 2.90. The number of alkyl halides is 3. The minimum absolute atomic E-state index is 0.195. The van der Waals surface area contributed by atoms with Gasteiger partial charge in [-0.05, 0) is 42.3 Å². The number of aromatic nitrogens is 1. The number of hydrogen-bond acceptors (Lipinski definition) is 2. The molecule has 3 rings (SSSR count). The Labute approximate surface area is 165 Å². The van der Waals surface area contributed by atoms with Gasteiger partial charge in [-0.3, -0.25) is 9.78 Å². The third-order valence-corrected chi connectivity index (χ3v) is 4.54. The summed E-state index contributed by atoms with van der Waals surface area (Å²) in [5, 5.41) is 3.45. The van der Waals surface area contributed by atoms with Gasteiger partial charge in [0.25, 0.3) is 5.91 Å². The Kier molecular flexibility index (Phi) is 5.99. The third kappa shape index (κ3) is 4.89. The van der Waals surface area contributed by atoms with E-state index in [4.69, 9.17) is 11.6 Å².